The minimum absolute atomic E-state index is 0.595. The van der Waals surface area contributed by atoms with Crippen LogP contribution in [0.3, 0.4) is 0 Å². The first-order valence-electron chi connectivity index (χ1n) is 5.37. The molecule has 0 spiro atoms. The van der Waals surface area contributed by atoms with Gasteiger partial charge < -0.3 is 11.2 Å². The number of nitrogens with one attached hydrogen (secondary N) is 1. The number of nitrogens with zero attached hydrogens (tertiary/aromatic N) is 1. The molecule has 2 aromatic carbocycles. The standard InChI is InChI=1S/C13H13IN4/c14-10-6-2-1-5-9(10)13(18-16)17-12-8-4-3-7-11(12)15/h1-8H,15-16H2,(H,17,18). The highest BCUT2D eigenvalue weighted by Gasteiger charge is 2.06. The average Bonchev–Trinajstić information content (AvgIpc) is 2.39. The van der Waals surface area contributed by atoms with Crippen molar-refractivity contribution in [1.82, 2.24) is 5.43 Å². The van der Waals surface area contributed by atoms with Gasteiger partial charge in [-0.15, -0.1) is 0 Å². The molecule has 2 aromatic rings. The molecule has 0 radical (unpaired) electrons. The Morgan fingerprint density at radius 1 is 1.06 bits per heavy atom. The molecule has 0 bridgehead atoms. The quantitative estimate of drug-likeness (QED) is 0.194. The van der Waals surface area contributed by atoms with Crippen molar-refractivity contribution in [2.45, 2.75) is 0 Å². The van der Waals surface area contributed by atoms with Crippen molar-refractivity contribution in [3.63, 3.8) is 0 Å². The van der Waals surface area contributed by atoms with Crippen molar-refractivity contribution in [2.24, 2.45) is 10.8 Å². The van der Waals surface area contributed by atoms with E-state index in [-0.39, 0.29) is 0 Å². The molecule has 0 saturated heterocycles. The Morgan fingerprint density at radius 3 is 2.39 bits per heavy atom. The van der Waals surface area contributed by atoms with Gasteiger partial charge in [0.05, 0.1) is 11.4 Å². The molecule has 0 atom stereocenters. The van der Waals surface area contributed by atoms with E-state index in [2.05, 4.69) is 33.0 Å². The fraction of sp³-hybridized carbons (Fsp3) is 0. The van der Waals surface area contributed by atoms with Gasteiger partial charge in [0.15, 0.2) is 0 Å². The number of aliphatic imine (C=N–C) groups is 1. The van der Waals surface area contributed by atoms with Crippen LogP contribution in [0, 0.1) is 3.57 Å². The molecule has 92 valence electrons. The molecule has 4 nitrogen and oxygen atoms in total. The maximum atomic E-state index is 5.86. The van der Waals surface area contributed by atoms with E-state index < -0.39 is 0 Å². The van der Waals surface area contributed by atoms with Crippen molar-refractivity contribution < 1.29 is 0 Å². The van der Waals surface area contributed by atoms with E-state index in [0.717, 1.165) is 9.13 Å². The lowest BCUT2D eigenvalue weighted by Crippen LogP contribution is -2.31. The van der Waals surface area contributed by atoms with Crippen LogP contribution < -0.4 is 17.0 Å². The smallest absolute Gasteiger partial charge is 0.149 e. The van der Waals surface area contributed by atoms with Crippen LogP contribution in [0.15, 0.2) is 53.5 Å². The van der Waals surface area contributed by atoms with E-state index in [1.54, 1.807) is 0 Å². The summed E-state index contributed by atoms with van der Waals surface area (Å²) in [7, 11) is 0. The molecular formula is C13H13IN4. The first-order chi connectivity index (χ1) is 8.72. The first kappa shape index (κ1) is 12.8. The highest BCUT2D eigenvalue weighted by atomic mass is 127. The summed E-state index contributed by atoms with van der Waals surface area (Å²) in [5.74, 6) is 6.14. The fourth-order valence-corrected chi connectivity index (χ4v) is 2.18. The summed E-state index contributed by atoms with van der Waals surface area (Å²) in [6.45, 7) is 0. The number of hydrogen-bond donors (Lipinski definition) is 3. The van der Waals surface area contributed by atoms with Gasteiger partial charge in [-0.05, 0) is 40.8 Å². The number of hydrazine groups is 1. The zero-order valence-corrected chi connectivity index (χ0v) is 11.8. The lowest BCUT2D eigenvalue weighted by Gasteiger charge is -2.08. The van der Waals surface area contributed by atoms with Gasteiger partial charge in [-0.25, -0.2) is 10.8 Å². The van der Waals surface area contributed by atoms with Gasteiger partial charge in [-0.3, -0.25) is 0 Å². The summed E-state index contributed by atoms with van der Waals surface area (Å²) in [6.07, 6.45) is 0. The number of nitrogens with two attached hydrogens (primary N) is 2. The monoisotopic (exact) mass is 352 g/mol. The lowest BCUT2D eigenvalue weighted by atomic mass is 10.2. The van der Waals surface area contributed by atoms with E-state index in [4.69, 9.17) is 11.6 Å². The molecule has 5 N–H and O–H groups in total. The van der Waals surface area contributed by atoms with E-state index in [1.807, 2.05) is 48.5 Å². The number of rotatable bonds is 2. The Kier molecular flexibility index (Phi) is 4.16. The Hall–Kier alpha value is -1.60. The molecule has 2 rings (SSSR count). The van der Waals surface area contributed by atoms with Crippen LogP contribution in [-0.4, -0.2) is 5.84 Å². The third-order valence-electron chi connectivity index (χ3n) is 2.43. The van der Waals surface area contributed by atoms with Crippen molar-refractivity contribution in [3.8, 4) is 0 Å². The largest absolute Gasteiger partial charge is 0.397 e. The predicted molar refractivity (Wildman–Crippen MR) is 83.5 cm³/mol. The summed E-state index contributed by atoms with van der Waals surface area (Å²) < 4.78 is 1.07. The second-order valence-corrected chi connectivity index (χ2v) is 4.81. The highest BCUT2D eigenvalue weighted by molar-refractivity contribution is 14.1. The van der Waals surface area contributed by atoms with Gasteiger partial charge in [0, 0.05) is 9.13 Å². The molecule has 0 unspecified atom stereocenters. The maximum absolute atomic E-state index is 5.86. The van der Waals surface area contributed by atoms with Crippen molar-refractivity contribution >= 4 is 39.8 Å². The predicted octanol–water partition coefficient (Wildman–Crippen LogP) is 2.42. The Morgan fingerprint density at radius 2 is 1.72 bits per heavy atom. The number of nitrogen functional groups attached to an aromatic ring is 1. The molecule has 0 aliphatic carbocycles. The van der Waals surface area contributed by atoms with E-state index in [9.17, 15) is 0 Å². The third kappa shape index (κ3) is 2.80. The van der Waals surface area contributed by atoms with Gasteiger partial charge in [0.2, 0.25) is 0 Å². The summed E-state index contributed by atoms with van der Waals surface area (Å²) in [5.41, 5.74) is 10.8. The second-order valence-electron chi connectivity index (χ2n) is 3.64. The van der Waals surface area contributed by atoms with Gasteiger partial charge in [0.25, 0.3) is 0 Å². The van der Waals surface area contributed by atoms with Crippen LogP contribution in [0.25, 0.3) is 0 Å². The summed E-state index contributed by atoms with van der Waals surface area (Å²) in [4.78, 5) is 4.46. The number of para-hydroxylation sites is 2. The van der Waals surface area contributed by atoms with Crippen LogP contribution >= 0.6 is 22.6 Å². The zero-order valence-electron chi connectivity index (χ0n) is 9.60. The van der Waals surface area contributed by atoms with Crippen LogP contribution in [-0.2, 0) is 0 Å². The fourth-order valence-electron chi connectivity index (χ4n) is 1.53. The molecule has 18 heavy (non-hydrogen) atoms. The molecule has 0 saturated carbocycles. The van der Waals surface area contributed by atoms with Gasteiger partial charge >= 0.3 is 0 Å². The molecule has 5 heteroatoms. The molecule has 0 aliphatic heterocycles. The Labute approximate surface area is 119 Å². The van der Waals surface area contributed by atoms with Crippen LogP contribution in [0.2, 0.25) is 0 Å². The number of benzene rings is 2. The SMILES string of the molecule is NNC(=Nc1ccccc1N)c1ccccc1I. The van der Waals surface area contributed by atoms with Crippen LogP contribution in [0.5, 0.6) is 0 Å². The molecule has 0 amide bonds. The third-order valence-corrected chi connectivity index (χ3v) is 3.38. The molecular weight excluding hydrogens is 339 g/mol. The number of halogens is 1. The molecule has 0 heterocycles. The summed E-state index contributed by atoms with van der Waals surface area (Å²) >= 11 is 2.24. The Balaban J connectivity index is 2.47. The van der Waals surface area contributed by atoms with Crippen LogP contribution in [0.4, 0.5) is 11.4 Å². The summed E-state index contributed by atoms with van der Waals surface area (Å²) in [6, 6.07) is 15.3. The molecule has 0 aromatic heterocycles. The number of amidine groups is 1. The van der Waals surface area contributed by atoms with Crippen molar-refractivity contribution in [2.75, 3.05) is 5.73 Å². The van der Waals surface area contributed by atoms with Crippen LogP contribution in [0.1, 0.15) is 5.56 Å². The highest BCUT2D eigenvalue weighted by Crippen LogP contribution is 2.22. The Bertz CT molecular complexity index is 581. The van der Waals surface area contributed by atoms with Gasteiger partial charge in [-0.1, -0.05) is 30.3 Å². The minimum Gasteiger partial charge on any atom is -0.397 e. The van der Waals surface area contributed by atoms with E-state index in [0.29, 0.717) is 17.2 Å². The van der Waals surface area contributed by atoms with Gasteiger partial charge in [0.1, 0.15) is 5.84 Å². The first-order valence-corrected chi connectivity index (χ1v) is 6.45. The number of anilines is 1. The maximum Gasteiger partial charge on any atom is 0.149 e. The lowest BCUT2D eigenvalue weighted by molar-refractivity contribution is 1.02. The molecule has 0 fully saturated rings. The van der Waals surface area contributed by atoms with Gasteiger partial charge in [-0.2, -0.15) is 0 Å². The topological polar surface area (TPSA) is 76.4 Å². The average molecular weight is 352 g/mol. The summed E-state index contributed by atoms with van der Waals surface area (Å²) in [5, 5.41) is 0. The minimum atomic E-state index is 0.595. The number of hydrogen-bond acceptors (Lipinski definition) is 3. The van der Waals surface area contributed by atoms with E-state index >= 15 is 0 Å². The zero-order chi connectivity index (χ0) is 13.0. The second kappa shape index (κ2) is 5.83. The van der Waals surface area contributed by atoms with Crippen molar-refractivity contribution in [1.29, 1.82) is 0 Å². The molecule has 0 aliphatic rings. The normalized spacial score (nSPS) is 11.3. The van der Waals surface area contributed by atoms with Crippen molar-refractivity contribution in [3.05, 3.63) is 57.7 Å². The van der Waals surface area contributed by atoms with E-state index in [1.165, 1.54) is 0 Å².